The molecule has 27 heavy (non-hydrogen) atoms. The van der Waals surface area contributed by atoms with E-state index in [1.807, 2.05) is 25.2 Å². The summed E-state index contributed by atoms with van der Waals surface area (Å²) in [4.78, 5) is 18.1. The second kappa shape index (κ2) is 10.1. The van der Waals surface area contributed by atoms with Gasteiger partial charge in [-0.15, -0.1) is 0 Å². The summed E-state index contributed by atoms with van der Waals surface area (Å²) in [6.07, 6.45) is 4.58. The molecule has 0 radical (unpaired) electrons. The lowest BCUT2D eigenvalue weighted by atomic mass is 10.2. The van der Waals surface area contributed by atoms with Crippen LogP contribution in [0.25, 0.3) is 0 Å². The summed E-state index contributed by atoms with van der Waals surface area (Å²) in [6, 6.07) is 7.98. The second-order valence-electron chi connectivity index (χ2n) is 7.85. The minimum Gasteiger partial charge on any atom is -0.491 e. The zero-order valence-electron chi connectivity index (χ0n) is 16.5. The molecular formula is C21H33N3O3. The van der Waals surface area contributed by atoms with Crippen LogP contribution in [0.4, 0.5) is 0 Å². The molecule has 2 aliphatic rings. The van der Waals surface area contributed by atoms with E-state index < -0.39 is 6.10 Å². The molecule has 1 amide bonds. The highest BCUT2D eigenvalue weighted by atomic mass is 16.5. The van der Waals surface area contributed by atoms with Crippen LogP contribution in [0.3, 0.4) is 0 Å². The van der Waals surface area contributed by atoms with Gasteiger partial charge >= 0.3 is 0 Å². The molecule has 0 spiro atoms. The normalized spacial score (nSPS) is 21.1. The van der Waals surface area contributed by atoms with Gasteiger partial charge in [-0.1, -0.05) is 25.0 Å². The number of amides is 1. The van der Waals surface area contributed by atoms with Crippen LogP contribution in [0, 0.1) is 0 Å². The molecule has 1 N–H and O–H groups in total. The lowest BCUT2D eigenvalue weighted by Crippen LogP contribution is -2.47. The summed E-state index contributed by atoms with van der Waals surface area (Å²) in [6.45, 7) is 6.03. The summed E-state index contributed by atoms with van der Waals surface area (Å²) < 4.78 is 5.84. The van der Waals surface area contributed by atoms with Crippen molar-refractivity contribution in [1.29, 1.82) is 0 Å². The van der Waals surface area contributed by atoms with Crippen LogP contribution in [0.5, 0.6) is 5.75 Å². The number of β-amino-alcohol motifs (C(OH)–C–C–N with tert-alkyl or cyclic N) is 1. The van der Waals surface area contributed by atoms with Gasteiger partial charge < -0.3 is 19.6 Å². The molecule has 3 rings (SSSR count). The number of rotatable bonds is 7. The SMILES string of the molecule is CN1CCN(Cc2cccc(OC[C@H](O)CN3CCCCCC3)c2)CC1=O. The summed E-state index contributed by atoms with van der Waals surface area (Å²) >= 11 is 0. The molecule has 2 fully saturated rings. The number of hydrogen-bond donors (Lipinski definition) is 1. The lowest BCUT2D eigenvalue weighted by molar-refractivity contribution is -0.134. The number of hydrogen-bond acceptors (Lipinski definition) is 5. The fourth-order valence-electron chi connectivity index (χ4n) is 3.80. The molecule has 6 nitrogen and oxygen atoms in total. The summed E-state index contributed by atoms with van der Waals surface area (Å²) in [5.41, 5.74) is 1.13. The van der Waals surface area contributed by atoms with Gasteiger partial charge in [0, 0.05) is 33.2 Å². The number of piperazine rings is 1. The maximum atomic E-state index is 11.9. The van der Waals surface area contributed by atoms with E-state index in [0.29, 0.717) is 19.7 Å². The van der Waals surface area contributed by atoms with Crippen molar-refractivity contribution in [3.8, 4) is 5.75 Å². The lowest BCUT2D eigenvalue weighted by Gasteiger charge is -2.31. The van der Waals surface area contributed by atoms with E-state index in [-0.39, 0.29) is 5.91 Å². The highest BCUT2D eigenvalue weighted by molar-refractivity contribution is 5.78. The first-order valence-corrected chi connectivity index (χ1v) is 10.2. The zero-order chi connectivity index (χ0) is 19.1. The first-order chi connectivity index (χ1) is 13.1. The standard InChI is InChI=1S/C21H33N3O3/c1-22-11-12-24(16-21(22)26)14-18-7-6-8-20(13-18)27-17-19(25)15-23-9-4-2-3-5-10-23/h6-8,13,19,25H,2-5,9-12,14-17H2,1H3/t19-/m1/s1. The quantitative estimate of drug-likeness (QED) is 0.784. The van der Waals surface area contributed by atoms with Crippen molar-refractivity contribution in [2.75, 3.05) is 52.9 Å². The molecule has 1 aromatic carbocycles. The van der Waals surface area contributed by atoms with Crippen LogP contribution in [0.2, 0.25) is 0 Å². The summed E-state index contributed by atoms with van der Waals surface area (Å²) in [5, 5.41) is 10.3. The number of likely N-dealkylation sites (tertiary alicyclic amines) is 1. The number of ether oxygens (including phenoxy) is 1. The molecule has 0 aliphatic carbocycles. The molecule has 150 valence electrons. The Hall–Kier alpha value is -1.63. The van der Waals surface area contributed by atoms with Crippen LogP contribution >= 0.6 is 0 Å². The predicted octanol–water partition coefficient (Wildman–Crippen LogP) is 1.58. The molecule has 1 atom stereocenters. The van der Waals surface area contributed by atoms with Crippen molar-refractivity contribution in [1.82, 2.24) is 14.7 Å². The maximum Gasteiger partial charge on any atom is 0.236 e. The van der Waals surface area contributed by atoms with Gasteiger partial charge in [-0.25, -0.2) is 0 Å². The Balaban J connectivity index is 1.45. The number of aliphatic hydroxyl groups is 1. The third kappa shape index (κ3) is 6.48. The van der Waals surface area contributed by atoms with Crippen LogP contribution in [0.1, 0.15) is 31.2 Å². The molecule has 0 aromatic heterocycles. The minimum absolute atomic E-state index is 0.172. The number of likely N-dealkylation sites (N-methyl/N-ethyl adjacent to an activating group) is 1. The van der Waals surface area contributed by atoms with E-state index >= 15 is 0 Å². The first-order valence-electron chi connectivity index (χ1n) is 10.2. The van der Waals surface area contributed by atoms with Crippen LogP contribution < -0.4 is 4.74 Å². The number of aliphatic hydroxyl groups excluding tert-OH is 1. The Morgan fingerprint density at radius 1 is 1.07 bits per heavy atom. The largest absolute Gasteiger partial charge is 0.491 e. The molecule has 0 unspecified atom stereocenters. The molecule has 2 heterocycles. The third-order valence-electron chi connectivity index (χ3n) is 5.45. The summed E-state index contributed by atoms with van der Waals surface area (Å²) in [5.74, 6) is 0.952. The topological polar surface area (TPSA) is 56.2 Å². The number of nitrogens with zero attached hydrogens (tertiary/aromatic N) is 3. The fourth-order valence-corrected chi connectivity index (χ4v) is 3.80. The minimum atomic E-state index is -0.470. The Kier molecular flexibility index (Phi) is 7.50. The highest BCUT2D eigenvalue weighted by Crippen LogP contribution is 2.17. The Morgan fingerprint density at radius 3 is 2.59 bits per heavy atom. The number of benzene rings is 1. The molecule has 6 heteroatoms. The predicted molar refractivity (Wildman–Crippen MR) is 106 cm³/mol. The fraction of sp³-hybridized carbons (Fsp3) is 0.667. The van der Waals surface area contributed by atoms with Gasteiger partial charge in [0.2, 0.25) is 5.91 Å². The third-order valence-corrected chi connectivity index (χ3v) is 5.45. The van der Waals surface area contributed by atoms with Crippen molar-refractivity contribution in [2.24, 2.45) is 0 Å². The van der Waals surface area contributed by atoms with Gasteiger partial charge in [0.05, 0.1) is 6.54 Å². The van der Waals surface area contributed by atoms with Gasteiger partial charge in [-0.3, -0.25) is 9.69 Å². The molecular weight excluding hydrogens is 342 g/mol. The molecule has 2 aliphatic heterocycles. The molecule has 0 bridgehead atoms. The number of carbonyl (C=O) groups is 1. The van der Waals surface area contributed by atoms with Crippen molar-refractivity contribution in [3.63, 3.8) is 0 Å². The van der Waals surface area contributed by atoms with Crippen molar-refractivity contribution < 1.29 is 14.6 Å². The number of carbonyl (C=O) groups excluding carboxylic acids is 1. The van der Waals surface area contributed by atoms with Gasteiger partial charge in [0.1, 0.15) is 18.5 Å². The van der Waals surface area contributed by atoms with Crippen molar-refractivity contribution in [2.45, 2.75) is 38.3 Å². The highest BCUT2D eigenvalue weighted by Gasteiger charge is 2.21. The molecule has 0 saturated carbocycles. The van der Waals surface area contributed by atoms with E-state index in [9.17, 15) is 9.90 Å². The Bertz CT molecular complexity index is 602. The average Bonchev–Trinajstić information content (AvgIpc) is 2.92. The van der Waals surface area contributed by atoms with Gasteiger partial charge in [0.15, 0.2) is 0 Å². The Morgan fingerprint density at radius 2 is 1.85 bits per heavy atom. The van der Waals surface area contributed by atoms with E-state index in [2.05, 4.69) is 15.9 Å². The van der Waals surface area contributed by atoms with Gasteiger partial charge in [-0.2, -0.15) is 0 Å². The van der Waals surface area contributed by atoms with E-state index in [1.165, 1.54) is 25.7 Å². The molecule has 1 aromatic rings. The Labute approximate surface area is 162 Å². The van der Waals surface area contributed by atoms with E-state index in [0.717, 1.165) is 44.0 Å². The van der Waals surface area contributed by atoms with Gasteiger partial charge in [-0.05, 0) is 43.6 Å². The van der Waals surface area contributed by atoms with Gasteiger partial charge in [0.25, 0.3) is 0 Å². The van der Waals surface area contributed by atoms with E-state index in [4.69, 9.17) is 4.74 Å². The smallest absolute Gasteiger partial charge is 0.236 e. The zero-order valence-corrected chi connectivity index (χ0v) is 16.5. The maximum absolute atomic E-state index is 11.9. The second-order valence-corrected chi connectivity index (χ2v) is 7.85. The summed E-state index contributed by atoms with van der Waals surface area (Å²) in [7, 11) is 1.85. The van der Waals surface area contributed by atoms with Crippen LogP contribution in [0.15, 0.2) is 24.3 Å². The van der Waals surface area contributed by atoms with Crippen LogP contribution in [-0.4, -0.2) is 84.7 Å². The average molecular weight is 376 g/mol. The first kappa shape index (κ1) is 20.1. The van der Waals surface area contributed by atoms with Crippen molar-refractivity contribution >= 4 is 5.91 Å². The van der Waals surface area contributed by atoms with Crippen molar-refractivity contribution in [3.05, 3.63) is 29.8 Å². The molecule has 2 saturated heterocycles. The van der Waals surface area contributed by atoms with E-state index in [1.54, 1.807) is 4.90 Å². The van der Waals surface area contributed by atoms with Crippen LogP contribution in [-0.2, 0) is 11.3 Å². The monoisotopic (exact) mass is 375 g/mol.